The molecule has 0 saturated carbocycles. The van der Waals surface area contributed by atoms with Gasteiger partial charge in [-0.15, -0.1) is 0 Å². The Bertz CT molecular complexity index is 494. The lowest BCUT2D eigenvalue weighted by molar-refractivity contribution is -0.120. The van der Waals surface area contributed by atoms with Crippen molar-refractivity contribution in [1.29, 1.82) is 0 Å². The van der Waals surface area contributed by atoms with E-state index in [0.29, 0.717) is 6.61 Å². The summed E-state index contributed by atoms with van der Waals surface area (Å²) in [6.45, 7) is 3.18. The van der Waals surface area contributed by atoms with Crippen LogP contribution in [0.15, 0.2) is 24.3 Å². The summed E-state index contributed by atoms with van der Waals surface area (Å²) in [6, 6.07) is 7.59. The van der Waals surface area contributed by atoms with Crippen LogP contribution in [0.2, 0.25) is 0 Å². The summed E-state index contributed by atoms with van der Waals surface area (Å²) in [5.41, 5.74) is 0.792. The first-order valence-electron chi connectivity index (χ1n) is 8.17. The molecule has 5 heteroatoms. The molecule has 1 aromatic carbocycles. The van der Waals surface area contributed by atoms with E-state index in [1.54, 1.807) is 0 Å². The van der Waals surface area contributed by atoms with Gasteiger partial charge >= 0.3 is 0 Å². The van der Waals surface area contributed by atoms with Gasteiger partial charge < -0.3 is 20.1 Å². The minimum absolute atomic E-state index is 0.0604. The first-order chi connectivity index (χ1) is 10.8. The monoisotopic (exact) mass is 304 g/mol. The maximum atomic E-state index is 12.2. The molecule has 2 unspecified atom stereocenters. The standard InChI is InChI=1S/C17H24N2O3/c20-17(13-4-2-8-18-11-13)19-14-5-1-6-15(10-14)22-12-16-7-3-9-21-16/h1,5-6,10,13,16,18H,2-4,7-9,11-12H2,(H,19,20). The third kappa shape index (κ3) is 4.21. The first kappa shape index (κ1) is 15.3. The summed E-state index contributed by atoms with van der Waals surface area (Å²) in [5, 5.41) is 6.25. The van der Waals surface area contributed by atoms with Gasteiger partial charge in [0, 0.05) is 24.9 Å². The maximum Gasteiger partial charge on any atom is 0.228 e. The molecule has 120 valence electrons. The predicted octanol–water partition coefficient (Wildman–Crippen LogP) is 2.18. The van der Waals surface area contributed by atoms with Gasteiger partial charge in [0.15, 0.2) is 0 Å². The van der Waals surface area contributed by atoms with E-state index in [2.05, 4.69) is 10.6 Å². The number of rotatable bonds is 5. The van der Waals surface area contributed by atoms with Gasteiger partial charge in [-0.3, -0.25) is 4.79 Å². The summed E-state index contributed by atoms with van der Waals surface area (Å²) in [6.07, 6.45) is 4.38. The zero-order valence-electron chi connectivity index (χ0n) is 12.8. The van der Waals surface area contributed by atoms with Crippen LogP contribution in [0.4, 0.5) is 5.69 Å². The number of carbonyl (C=O) groups excluding carboxylic acids is 1. The van der Waals surface area contributed by atoms with Crippen molar-refractivity contribution in [1.82, 2.24) is 5.32 Å². The molecular weight excluding hydrogens is 280 g/mol. The van der Waals surface area contributed by atoms with Crippen molar-refractivity contribution in [2.75, 3.05) is 31.6 Å². The van der Waals surface area contributed by atoms with Crippen molar-refractivity contribution in [3.8, 4) is 5.75 Å². The molecule has 5 nitrogen and oxygen atoms in total. The van der Waals surface area contributed by atoms with Gasteiger partial charge in [-0.25, -0.2) is 0 Å². The highest BCUT2D eigenvalue weighted by Crippen LogP contribution is 2.21. The Balaban J connectivity index is 1.52. The third-order valence-corrected chi connectivity index (χ3v) is 4.23. The lowest BCUT2D eigenvalue weighted by atomic mass is 9.99. The molecule has 1 aromatic rings. The zero-order valence-corrected chi connectivity index (χ0v) is 12.8. The molecule has 2 aliphatic heterocycles. The fraction of sp³-hybridized carbons (Fsp3) is 0.588. The lowest BCUT2D eigenvalue weighted by Crippen LogP contribution is -2.37. The number of hydrogen-bond acceptors (Lipinski definition) is 4. The van der Waals surface area contributed by atoms with Crippen molar-refractivity contribution in [2.24, 2.45) is 5.92 Å². The number of ether oxygens (including phenoxy) is 2. The summed E-state index contributed by atoms with van der Waals surface area (Å²) in [5.74, 6) is 0.920. The molecule has 0 aliphatic carbocycles. The minimum Gasteiger partial charge on any atom is -0.491 e. The van der Waals surface area contributed by atoms with Gasteiger partial charge in [0.1, 0.15) is 12.4 Å². The normalized spacial score (nSPS) is 24.9. The lowest BCUT2D eigenvalue weighted by Gasteiger charge is -2.22. The third-order valence-electron chi connectivity index (χ3n) is 4.23. The second-order valence-electron chi connectivity index (χ2n) is 6.01. The molecule has 3 rings (SSSR count). The summed E-state index contributed by atoms with van der Waals surface area (Å²) >= 11 is 0. The molecule has 1 amide bonds. The van der Waals surface area contributed by atoms with Gasteiger partial charge in [0.25, 0.3) is 0 Å². The molecule has 2 heterocycles. The molecule has 22 heavy (non-hydrogen) atoms. The Morgan fingerprint density at radius 2 is 2.32 bits per heavy atom. The van der Waals surface area contributed by atoms with Gasteiger partial charge in [-0.05, 0) is 44.4 Å². The number of nitrogens with one attached hydrogen (secondary N) is 2. The van der Waals surface area contributed by atoms with Crippen LogP contribution in [-0.2, 0) is 9.53 Å². The Morgan fingerprint density at radius 3 is 3.09 bits per heavy atom. The minimum atomic E-state index is 0.0604. The highest BCUT2D eigenvalue weighted by Gasteiger charge is 2.21. The number of amides is 1. The highest BCUT2D eigenvalue weighted by molar-refractivity contribution is 5.92. The Labute approximate surface area is 131 Å². The Kier molecular flexibility index (Phi) is 5.29. The Hall–Kier alpha value is -1.59. The molecule has 0 radical (unpaired) electrons. The smallest absolute Gasteiger partial charge is 0.228 e. The van der Waals surface area contributed by atoms with Crippen molar-refractivity contribution >= 4 is 11.6 Å². The second-order valence-corrected chi connectivity index (χ2v) is 6.01. The fourth-order valence-electron chi connectivity index (χ4n) is 2.95. The van der Waals surface area contributed by atoms with Crippen molar-refractivity contribution in [3.05, 3.63) is 24.3 Å². The van der Waals surface area contributed by atoms with E-state index < -0.39 is 0 Å². The Morgan fingerprint density at radius 1 is 1.36 bits per heavy atom. The van der Waals surface area contributed by atoms with Crippen molar-refractivity contribution < 1.29 is 14.3 Å². The number of carbonyl (C=O) groups is 1. The molecule has 2 saturated heterocycles. The van der Waals surface area contributed by atoms with E-state index in [1.807, 2.05) is 24.3 Å². The molecule has 2 atom stereocenters. The number of anilines is 1. The maximum absolute atomic E-state index is 12.2. The van der Waals surface area contributed by atoms with Crippen LogP contribution in [0.5, 0.6) is 5.75 Å². The van der Waals surface area contributed by atoms with E-state index >= 15 is 0 Å². The number of piperidine rings is 1. The molecule has 0 aromatic heterocycles. The average molecular weight is 304 g/mol. The van der Waals surface area contributed by atoms with Gasteiger partial charge in [0.2, 0.25) is 5.91 Å². The summed E-state index contributed by atoms with van der Waals surface area (Å²) < 4.78 is 11.3. The van der Waals surface area contributed by atoms with Gasteiger partial charge in [0.05, 0.1) is 12.0 Å². The van der Waals surface area contributed by atoms with Crippen molar-refractivity contribution in [2.45, 2.75) is 31.8 Å². The van der Waals surface area contributed by atoms with Crippen LogP contribution in [0, 0.1) is 5.92 Å². The van der Waals surface area contributed by atoms with E-state index in [-0.39, 0.29) is 17.9 Å². The van der Waals surface area contributed by atoms with E-state index in [4.69, 9.17) is 9.47 Å². The number of benzene rings is 1. The average Bonchev–Trinajstić information content (AvgIpc) is 3.08. The fourth-order valence-corrected chi connectivity index (χ4v) is 2.95. The molecular formula is C17H24N2O3. The van der Waals surface area contributed by atoms with Crippen LogP contribution in [-0.4, -0.2) is 38.3 Å². The SMILES string of the molecule is O=C(Nc1cccc(OCC2CCCO2)c1)C1CCCNC1. The molecule has 0 spiro atoms. The topological polar surface area (TPSA) is 59.6 Å². The summed E-state index contributed by atoms with van der Waals surface area (Å²) in [7, 11) is 0. The van der Waals surface area contributed by atoms with E-state index in [0.717, 1.165) is 56.8 Å². The van der Waals surface area contributed by atoms with Crippen LogP contribution >= 0.6 is 0 Å². The molecule has 2 N–H and O–H groups in total. The highest BCUT2D eigenvalue weighted by atomic mass is 16.5. The van der Waals surface area contributed by atoms with Crippen LogP contribution in [0.3, 0.4) is 0 Å². The predicted molar refractivity (Wildman–Crippen MR) is 85.1 cm³/mol. The molecule has 0 bridgehead atoms. The second kappa shape index (κ2) is 7.61. The summed E-state index contributed by atoms with van der Waals surface area (Å²) in [4.78, 5) is 12.2. The van der Waals surface area contributed by atoms with Crippen LogP contribution in [0.1, 0.15) is 25.7 Å². The molecule has 2 aliphatic rings. The zero-order chi connectivity index (χ0) is 15.2. The largest absolute Gasteiger partial charge is 0.491 e. The van der Waals surface area contributed by atoms with Gasteiger partial charge in [-0.1, -0.05) is 6.07 Å². The quantitative estimate of drug-likeness (QED) is 0.875. The van der Waals surface area contributed by atoms with E-state index in [1.165, 1.54) is 0 Å². The molecule has 2 fully saturated rings. The van der Waals surface area contributed by atoms with Crippen molar-refractivity contribution in [3.63, 3.8) is 0 Å². The van der Waals surface area contributed by atoms with Crippen LogP contribution < -0.4 is 15.4 Å². The van der Waals surface area contributed by atoms with E-state index in [9.17, 15) is 4.79 Å². The number of hydrogen-bond donors (Lipinski definition) is 2. The van der Waals surface area contributed by atoms with Gasteiger partial charge in [-0.2, -0.15) is 0 Å². The van der Waals surface area contributed by atoms with Crippen LogP contribution in [0.25, 0.3) is 0 Å². The first-order valence-corrected chi connectivity index (χ1v) is 8.17.